The van der Waals surface area contributed by atoms with Gasteiger partial charge in [0, 0.05) is 6.08 Å². The second-order valence-electron chi connectivity index (χ2n) is 7.11. The van der Waals surface area contributed by atoms with E-state index in [1.165, 1.54) is 89.2 Å². The minimum absolute atomic E-state index is 0.149. The molecule has 0 aliphatic rings. The molecule has 0 aromatic rings. The van der Waals surface area contributed by atoms with E-state index in [1.807, 2.05) is 0 Å². The summed E-state index contributed by atoms with van der Waals surface area (Å²) in [7, 11) is 0. The standard InChI is InChI=1S/C23H40O4/c1-2-3-4-5-6-7-8-9-10-11-12-13-14-15-16-17-21-27-23(26)20-18-19-22(24)25/h9-10,18,20H,2-8,11-17,19,21H2,1H3,(H,24,25)/b10-9-,20-18?. The molecule has 0 unspecified atom stereocenters. The molecule has 0 bridgehead atoms. The fourth-order valence-corrected chi connectivity index (χ4v) is 2.83. The zero-order valence-corrected chi connectivity index (χ0v) is 17.3. The lowest BCUT2D eigenvalue weighted by Crippen LogP contribution is -2.02. The molecule has 1 N–H and O–H groups in total. The van der Waals surface area contributed by atoms with Crippen LogP contribution < -0.4 is 0 Å². The van der Waals surface area contributed by atoms with Gasteiger partial charge in [0.2, 0.25) is 0 Å². The van der Waals surface area contributed by atoms with Gasteiger partial charge in [0.15, 0.2) is 0 Å². The highest BCUT2D eigenvalue weighted by molar-refractivity contribution is 5.82. The molecule has 0 atom stereocenters. The predicted octanol–water partition coefficient (Wildman–Crippen LogP) is 6.60. The summed E-state index contributed by atoms with van der Waals surface area (Å²) in [6, 6.07) is 0. The highest BCUT2D eigenvalue weighted by atomic mass is 16.5. The largest absolute Gasteiger partial charge is 0.481 e. The molecule has 4 heteroatoms. The van der Waals surface area contributed by atoms with Crippen molar-refractivity contribution in [3.8, 4) is 0 Å². The second-order valence-corrected chi connectivity index (χ2v) is 7.11. The zero-order chi connectivity index (χ0) is 20.0. The van der Waals surface area contributed by atoms with Crippen molar-refractivity contribution in [2.75, 3.05) is 6.61 Å². The van der Waals surface area contributed by atoms with Crippen molar-refractivity contribution in [1.29, 1.82) is 0 Å². The third-order valence-electron chi connectivity index (χ3n) is 4.45. The molecule has 0 aliphatic carbocycles. The Bertz CT molecular complexity index is 413. The molecule has 27 heavy (non-hydrogen) atoms. The summed E-state index contributed by atoms with van der Waals surface area (Å²) < 4.78 is 5.02. The second kappa shape index (κ2) is 20.7. The molecule has 0 saturated carbocycles. The van der Waals surface area contributed by atoms with Gasteiger partial charge in [0.25, 0.3) is 0 Å². The molecular weight excluding hydrogens is 340 g/mol. The molecule has 0 fully saturated rings. The van der Waals surface area contributed by atoms with E-state index >= 15 is 0 Å². The van der Waals surface area contributed by atoms with Gasteiger partial charge in [-0.05, 0) is 32.1 Å². The van der Waals surface area contributed by atoms with Crippen molar-refractivity contribution < 1.29 is 19.4 Å². The normalized spacial score (nSPS) is 11.4. The summed E-state index contributed by atoms with van der Waals surface area (Å²) in [4.78, 5) is 21.6. The maximum absolute atomic E-state index is 11.3. The first-order valence-electron chi connectivity index (χ1n) is 10.9. The molecule has 0 aromatic heterocycles. The molecule has 0 saturated heterocycles. The van der Waals surface area contributed by atoms with E-state index in [0.29, 0.717) is 6.61 Å². The molecule has 0 heterocycles. The average Bonchev–Trinajstić information content (AvgIpc) is 2.64. The minimum atomic E-state index is -0.952. The fourth-order valence-electron chi connectivity index (χ4n) is 2.83. The Balaban J connectivity index is 3.24. The van der Waals surface area contributed by atoms with Crippen LogP contribution in [0.2, 0.25) is 0 Å². The Kier molecular flexibility index (Phi) is 19.5. The number of rotatable bonds is 19. The minimum Gasteiger partial charge on any atom is -0.481 e. The van der Waals surface area contributed by atoms with E-state index in [9.17, 15) is 9.59 Å². The first-order chi connectivity index (χ1) is 13.2. The van der Waals surface area contributed by atoms with Gasteiger partial charge in [-0.25, -0.2) is 4.79 Å². The van der Waals surface area contributed by atoms with Gasteiger partial charge in [-0.3, -0.25) is 4.79 Å². The number of carbonyl (C=O) groups is 2. The number of hydrogen-bond acceptors (Lipinski definition) is 3. The van der Waals surface area contributed by atoms with Gasteiger partial charge in [0.1, 0.15) is 0 Å². The van der Waals surface area contributed by atoms with E-state index in [0.717, 1.165) is 12.8 Å². The Hall–Kier alpha value is -1.58. The smallest absolute Gasteiger partial charge is 0.330 e. The van der Waals surface area contributed by atoms with Gasteiger partial charge < -0.3 is 9.84 Å². The molecule has 156 valence electrons. The van der Waals surface area contributed by atoms with E-state index in [4.69, 9.17) is 9.84 Å². The van der Waals surface area contributed by atoms with Gasteiger partial charge in [-0.1, -0.05) is 82.9 Å². The fraction of sp³-hybridized carbons (Fsp3) is 0.739. The molecule has 4 nitrogen and oxygen atoms in total. The van der Waals surface area contributed by atoms with Crippen molar-refractivity contribution in [3.63, 3.8) is 0 Å². The molecular formula is C23H40O4. The first-order valence-corrected chi connectivity index (χ1v) is 10.9. The van der Waals surface area contributed by atoms with E-state index in [1.54, 1.807) is 0 Å². The van der Waals surface area contributed by atoms with Gasteiger partial charge in [-0.15, -0.1) is 0 Å². The summed E-state index contributed by atoms with van der Waals surface area (Å²) in [6.07, 6.45) is 24.5. The first kappa shape index (κ1) is 25.4. The summed E-state index contributed by atoms with van der Waals surface area (Å²) >= 11 is 0. The number of aliphatic carboxylic acids is 1. The number of carboxylic acids is 1. The van der Waals surface area contributed by atoms with E-state index in [-0.39, 0.29) is 6.42 Å². The highest BCUT2D eigenvalue weighted by Gasteiger charge is 1.98. The number of allylic oxidation sites excluding steroid dienone is 2. The number of carboxylic acid groups (broad SMARTS) is 1. The summed E-state index contributed by atoms with van der Waals surface area (Å²) in [5.74, 6) is -1.41. The molecule has 0 aromatic carbocycles. The van der Waals surface area contributed by atoms with Gasteiger partial charge in [0.05, 0.1) is 13.0 Å². The summed E-state index contributed by atoms with van der Waals surface area (Å²) in [5, 5.41) is 8.45. The average molecular weight is 381 g/mol. The van der Waals surface area contributed by atoms with Gasteiger partial charge >= 0.3 is 11.9 Å². The van der Waals surface area contributed by atoms with E-state index in [2.05, 4.69) is 19.1 Å². The Labute approximate surface area is 166 Å². The zero-order valence-electron chi connectivity index (χ0n) is 17.3. The monoisotopic (exact) mass is 380 g/mol. The summed E-state index contributed by atoms with van der Waals surface area (Å²) in [6.45, 7) is 2.67. The topological polar surface area (TPSA) is 63.6 Å². The number of ether oxygens (including phenoxy) is 1. The van der Waals surface area contributed by atoms with Crippen molar-refractivity contribution in [3.05, 3.63) is 24.3 Å². The Morgan fingerprint density at radius 1 is 0.741 bits per heavy atom. The molecule has 0 amide bonds. The van der Waals surface area contributed by atoms with Crippen LogP contribution in [0.15, 0.2) is 24.3 Å². The lowest BCUT2D eigenvalue weighted by molar-refractivity contribution is -0.137. The molecule has 0 spiro atoms. The van der Waals surface area contributed by atoms with Crippen LogP contribution in [-0.4, -0.2) is 23.7 Å². The van der Waals surface area contributed by atoms with Crippen LogP contribution >= 0.6 is 0 Å². The molecule has 0 radical (unpaired) electrons. The Morgan fingerprint density at radius 3 is 1.81 bits per heavy atom. The third-order valence-corrected chi connectivity index (χ3v) is 4.45. The Morgan fingerprint density at radius 2 is 1.26 bits per heavy atom. The predicted molar refractivity (Wildman–Crippen MR) is 112 cm³/mol. The van der Waals surface area contributed by atoms with Crippen LogP contribution in [0.3, 0.4) is 0 Å². The highest BCUT2D eigenvalue weighted by Crippen LogP contribution is 2.10. The molecule has 0 aliphatic heterocycles. The number of hydrogen-bond donors (Lipinski definition) is 1. The maximum atomic E-state index is 11.3. The van der Waals surface area contributed by atoms with Crippen molar-refractivity contribution in [1.82, 2.24) is 0 Å². The van der Waals surface area contributed by atoms with Crippen LogP contribution in [0.1, 0.15) is 103 Å². The van der Waals surface area contributed by atoms with Gasteiger partial charge in [-0.2, -0.15) is 0 Å². The van der Waals surface area contributed by atoms with Crippen LogP contribution in [0.4, 0.5) is 0 Å². The number of carbonyl (C=O) groups excluding carboxylic acids is 1. The SMILES string of the molecule is CCCCCCCC/C=C\CCCCCCCCOC(=O)C=CCC(=O)O. The lowest BCUT2D eigenvalue weighted by atomic mass is 10.1. The van der Waals surface area contributed by atoms with Crippen molar-refractivity contribution >= 4 is 11.9 Å². The number of esters is 1. The third kappa shape index (κ3) is 22.4. The van der Waals surface area contributed by atoms with E-state index < -0.39 is 11.9 Å². The van der Waals surface area contributed by atoms with Crippen LogP contribution in [-0.2, 0) is 14.3 Å². The molecule has 0 rings (SSSR count). The van der Waals surface area contributed by atoms with Crippen molar-refractivity contribution in [2.45, 2.75) is 103 Å². The number of unbranched alkanes of at least 4 members (excludes halogenated alkanes) is 12. The lowest BCUT2D eigenvalue weighted by Gasteiger charge is -2.02. The summed E-state index contributed by atoms with van der Waals surface area (Å²) in [5.41, 5.74) is 0. The van der Waals surface area contributed by atoms with Crippen LogP contribution in [0.5, 0.6) is 0 Å². The maximum Gasteiger partial charge on any atom is 0.330 e. The van der Waals surface area contributed by atoms with Crippen molar-refractivity contribution in [2.24, 2.45) is 0 Å². The van der Waals surface area contributed by atoms with Crippen LogP contribution in [0, 0.1) is 0 Å². The van der Waals surface area contributed by atoms with Crippen LogP contribution in [0.25, 0.3) is 0 Å². The quantitative estimate of drug-likeness (QED) is 0.119.